The molecule has 0 unspecified atom stereocenters. The Morgan fingerprint density at radius 3 is 0.636 bits per heavy atom. The molecule has 0 saturated heterocycles. The SMILES string of the molecule is CC(C)(C)c1cc2oc3c(C(C)(C)C)cc4oc5c(C(C)(C)C)cc6oc7c(C(C)(C)C)cc8oc1c1c2c3c4c5c6c7c81. The fourth-order valence-electron chi connectivity index (χ4n) is 7.92. The summed E-state index contributed by atoms with van der Waals surface area (Å²) in [6.07, 6.45) is 0. The maximum Gasteiger partial charge on any atom is 0.140 e. The van der Waals surface area contributed by atoms with Crippen molar-refractivity contribution >= 4 is 87.8 Å². The lowest BCUT2D eigenvalue weighted by molar-refractivity contribution is 0.558. The van der Waals surface area contributed by atoms with Crippen LogP contribution >= 0.6 is 0 Å². The summed E-state index contributed by atoms with van der Waals surface area (Å²) in [7, 11) is 0. The molecule has 0 amide bonds. The normalized spacial score (nSPS) is 14.8. The van der Waals surface area contributed by atoms with Crippen LogP contribution in [0.2, 0.25) is 0 Å². The van der Waals surface area contributed by atoms with E-state index in [1.165, 1.54) is 0 Å². The highest BCUT2D eigenvalue weighted by Gasteiger charge is 2.36. The van der Waals surface area contributed by atoms with Gasteiger partial charge in [0.15, 0.2) is 0 Å². The van der Waals surface area contributed by atoms with Crippen LogP contribution in [0.3, 0.4) is 0 Å². The molecule has 224 valence electrons. The molecule has 0 fully saturated rings. The molecule has 44 heavy (non-hydrogen) atoms. The molecule has 4 aromatic heterocycles. The lowest BCUT2D eigenvalue weighted by Crippen LogP contribution is -2.11. The Bertz CT molecular complexity index is 2210. The van der Waals surface area contributed by atoms with Gasteiger partial charge in [-0.25, -0.2) is 0 Å². The molecule has 5 aromatic carbocycles. The fourth-order valence-corrected chi connectivity index (χ4v) is 7.92. The molecule has 0 atom stereocenters. The largest absolute Gasteiger partial charge is 0.456 e. The number of hydrogen-bond acceptors (Lipinski definition) is 4. The van der Waals surface area contributed by atoms with E-state index in [0.29, 0.717) is 0 Å². The average molecular weight is 585 g/mol. The van der Waals surface area contributed by atoms with E-state index >= 15 is 0 Å². The van der Waals surface area contributed by atoms with Gasteiger partial charge in [-0.3, -0.25) is 0 Å². The first-order valence-electron chi connectivity index (χ1n) is 15.9. The van der Waals surface area contributed by atoms with Gasteiger partial charge in [0.1, 0.15) is 44.7 Å². The minimum absolute atomic E-state index is 0.161. The standard InChI is InChI=1S/C40H40O4/c1-37(2,3)17-13-21-25-29-26-22(41-33(17)29)14-18(38(4,5)6)35-31(26)28-24(43-35)16-20(40(10,11)12)36-32(28)27-23(44-36)15-19(39(7,8)9)34(42-21)30(25)27/h13-16H,1-12H3. The molecular weight excluding hydrogens is 544 g/mol. The van der Waals surface area contributed by atoms with Gasteiger partial charge in [0.25, 0.3) is 0 Å². The third-order valence-electron chi connectivity index (χ3n) is 10.1. The number of rotatable bonds is 0. The Morgan fingerprint density at radius 2 is 0.477 bits per heavy atom. The first-order chi connectivity index (χ1) is 20.4. The van der Waals surface area contributed by atoms with Gasteiger partial charge in [-0.2, -0.15) is 0 Å². The van der Waals surface area contributed by atoms with Crippen molar-refractivity contribution in [1.82, 2.24) is 0 Å². The molecule has 0 aliphatic rings. The summed E-state index contributed by atoms with van der Waals surface area (Å²) in [6, 6.07) is 8.93. The zero-order valence-electron chi connectivity index (χ0n) is 27.9. The van der Waals surface area contributed by atoms with Gasteiger partial charge >= 0.3 is 0 Å². The second-order valence-electron chi connectivity index (χ2n) is 17.4. The first-order valence-corrected chi connectivity index (χ1v) is 15.9. The van der Waals surface area contributed by atoms with Gasteiger partial charge in [0.05, 0.1) is 0 Å². The summed E-state index contributed by atoms with van der Waals surface area (Å²) >= 11 is 0. The van der Waals surface area contributed by atoms with E-state index in [9.17, 15) is 0 Å². The molecular formula is C40H40O4. The van der Waals surface area contributed by atoms with E-state index in [4.69, 9.17) is 17.7 Å². The van der Waals surface area contributed by atoms with Crippen molar-refractivity contribution in [2.24, 2.45) is 0 Å². The molecule has 0 radical (unpaired) electrons. The summed E-state index contributed by atoms with van der Waals surface area (Å²) in [5.41, 5.74) is 11.3. The number of hydrogen-bond donors (Lipinski definition) is 0. The molecule has 9 rings (SSSR count). The van der Waals surface area contributed by atoms with E-state index in [0.717, 1.165) is 110 Å². The molecule has 9 aromatic rings. The van der Waals surface area contributed by atoms with Crippen molar-refractivity contribution in [2.75, 3.05) is 0 Å². The smallest absolute Gasteiger partial charge is 0.140 e. The summed E-state index contributed by atoms with van der Waals surface area (Å²) in [5.74, 6) is 0. The van der Waals surface area contributed by atoms with Crippen LogP contribution in [0.5, 0.6) is 0 Å². The van der Waals surface area contributed by atoms with Gasteiger partial charge in [0.2, 0.25) is 0 Å². The molecule has 4 nitrogen and oxygen atoms in total. The third-order valence-corrected chi connectivity index (χ3v) is 10.1. The van der Waals surface area contributed by atoms with Crippen LogP contribution in [0.15, 0.2) is 41.9 Å². The number of benzene rings is 4. The van der Waals surface area contributed by atoms with Gasteiger partial charge in [-0.05, 0) is 45.9 Å². The van der Waals surface area contributed by atoms with Crippen molar-refractivity contribution in [3.05, 3.63) is 46.5 Å². The first kappa shape index (κ1) is 26.5. The minimum atomic E-state index is -0.161. The zero-order valence-corrected chi connectivity index (χ0v) is 27.9. The maximum absolute atomic E-state index is 7.02. The van der Waals surface area contributed by atoms with Gasteiger partial charge in [-0.15, -0.1) is 0 Å². The van der Waals surface area contributed by atoms with Crippen molar-refractivity contribution in [2.45, 2.75) is 105 Å². The predicted octanol–water partition coefficient (Wildman–Crippen LogP) is 12.8. The Balaban J connectivity index is 1.74. The van der Waals surface area contributed by atoms with Gasteiger partial charge in [-0.1, -0.05) is 83.1 Å². The molecule has 0 aliphatic carbocycles. The Labute approximate surface area is 256 Å². The quantitative estimate of drug-likeness (QED) is 0.178. The van der Waals surface area contributed by atoms with Crippen LogP contribution in [0.4, 0.5) is 0 Å². The summed E-state index contributed by atoms with van der Waals surface area (Å²) in [4.78, 5) is 0. The molecule has 4 heteroatoms. The van der Waals surface area contributed by atoms with Crippen LogP contribution in [-0.4, -0.2) is 0 Å². The van der Waals surface area contributed by atoms with E-state index in [1.54, 1.807) is 0 Å². The van der Waals surface area contributed by atoms with Gasteiger partial charge in [0, 0.05) is 65.3 Å². The Hall–Kier alpha value is -3.92. The van der Waals surface area contributed by atoms with Crippen molar-refractivity contribution < 1.29 is 17.7 Å². The van der Waals surface area contributed by atoms with Crippen LogP contribution in [0.1, 0.15) is 105 Å². The van der Waals surface area contributed by atoms with Crippen LogP contribution in [0, 0.1) is 0 Å². The van der Waals surface area contributed by atoms with Gasteiger partial charge < -0.3 is 17.7 Å². The van der Waals surface area contributed by atoms with E-state index in [2.05, 4.69) is 107 Å². The van der Waals surface area contributed by atoms with Crippen LogP contribution in [0.25, 0.3) is 87.8 Å². The Kier molecular flexibility index (Phi) is 4.40. The third kappa shape index (κ3) is 3.00. The van der Waals surface area contributed by atoms with Crippen molar-refractivity contribution in [3.8, 4) is 0 Å². The number of furan rings is 4. The van der Waals surface area contributed by atoms with Crippen LogP contribution in [-0.2, 0) is 21.7 Å². The average Bonchev–Trinajstić information content (AvgIpc) is 3.60. The Morgan fingerprint density at radius 1 is 0.295 bits per heavy atom. The maximum atomic E-state index is 7.02. The highest BCUT2D eigenvalue weighted by molar-refractivity contribution is 6.44. The monoisotopic (exact) mass is 584 g/mol. The fraction of sp³-hybridized carbons (Fsp3) is 0.400. The molecule has 0 saturated carbocycles. The lowest BCUT2D eigenvalue weighted by Gasteiger charge is -2.20. The molecule has 4 heterocycles. The van der Waals surface area contributed by atoms with Crippen molar-refractivity contribution in [3.63, 3.8) is 0 Å². The summed E-state index contributed by atoms with van der Waals surface area (Å²) in [5, 5.41) is 8.97. The minimum Gasteiger partial charge on any atom is -0.456 e. The molecule has 0 bridgehead atoms. The second-order valence-corrected chi connectivity index (χ2v) is 17.4. The highest BCUT2D eigenvalue weighted by atomic mass is 16.4. The second kappa shape index (κ2) is 7.30. The highest BCUT2D eigenvalue weighted by Crippen LogP contribution is 2.56. The van der Waals surface area contributed by atoms with E-state index in [1.807, 2.05) is 0 Å². The predicted molar refractivity (Wildman–Crippen MR) is 184 cm³/mol. The van der Waals surface area contributed by atoms with Crippen LogP contribution < -0.4 is 0 Å². The van der Waals surface area contributed by atoms with E-state index < -0.39 is 0 Å². The lowest BCUT2D eigenvalue weighted by atomic mass is 9.80. The summed E-state index contributed by atoms with van der Waals surface area (Å²) in [6.45, 7) is 27.0. The zero-order chi connectivity index (χ0) is 31.2. The summed E-state index contributed by atoms with van der Waals surface area (Å²) < 4.78 is 28.1. The molecule has 0 aliphatic heterocycles. The topological polar surface area (TPSA) is 52.6 Å². The molecule has 0 spiro atoms. The molecule has 0 N–H and O–H groups in total. The van der Waals surface area contributed by atoms with Crippen molar-refractivity contribution in [1.29, 1.82) is 0 Å². The van der Waals surface area contributed by atoms with E-state index in [-0.39, 0.29) is 21.7 Å².